The van der Waals surface area contributed by atoms with E-state index in [2.05, 4.69) is 20.9 Å². The molecule has 32 heavy (non-hydrogen) atoms. The van der Waals surface area contributed by atoms with Gasteiger partial charge in [-0.1, -0.05) is 23.7 Å². The van der Waals surface area contributed by atoms with Gasteiger partial charge in [0.1, 0.15) is 5.69 Å². The summed E-state index contributed by atoms with van der Waals surface area (Å²) in [5.41, 5.74) is 18.2. The zero-order chi connectivity index (χ0) is 22.5. The number of nitrogen functional groups attached to an aromatic ring is 2. The molecule has 3 aromatic carbocycles. The molecule has 0 aliphatic rings. The molecular weight excluding hydrogens is 424 g/mol. The number of pyridine rings is 1. The lowest BCUT2D eigenvalue weighted by Crippen LogP contribution is -2.04. The summed E-state index contributed by atoms with van der Waals surface area (Å²) in [6, 6.07) is 22.6. The minimum atomic E-state index is 0.468. The molecule has 0 radical (unpaired) electrons. The summed E-state index contributed by atoms with van der Waals surface area (Å²) in [6.07, 6.45) is 1.66. The fourth-order valence-electron chi connectivity index (χ4n) is 3.18. The number of ether oxygens (including phenoxy) is 1. The number of nitrogens with one attached hydrogen (secondary N) is 3. The van der Waals surface area contributed by atoms with E-state index in [9.17, 15) is 0 Å². The molecule has 0 amide bonds. The van der Waals surface area contributed by atoms with Gasteiger partial charge in [0.05, 0.1) is 41.2 Å². The predicted molar refractivity (Wildman–Crippen MR) is 134 cm³/mol. The Morgan fingerprint density at radius 2 is 1.31 bits per heavy atom. The Labute approximate surface area is 191 Å². The van der Waals surface area contributed by atoms with Crippen LogP contribution < -0.4 is 32.2 Å². The van der Waals surface area contributed by atoms with Crippen molar-refractivity contribution < 1.29 is 4.74 Å². The smallest absolute Gasteiger partial charge is 0.237 e. The van der Waals surface area contributed by atoms with Gasteiger partial charge in [-0.3, -0.25) is 0 Å². The van der Waals surface area contributed by atoms with Crippen LogP contribution in [0.4, 0.5) is 45.5 Å². The molecule has 7 N–H and O–H groups in total. The third-order valence-electron chi connectivity index (χ3n) is 4.78. The summed E-state index contributed by atoms with van der Waals surface area (Å²) < 4.78 is 5.32. The van der Waals surface area contributed by atoms with Crippen molar-refractivity contribution in [3.63, 3.8) is 0 Å². The number of aromatic nitrogens is 1. The van der Waals surface area contributed by atoms with Gasteiger partial charge in [0.15, 0.2) is 0 Å². The lowest BCUT2D eigenvalue weighted by atomic mass is 10.1. The minimum absolute atomic E-state index is 0.468. The Morgan fingerprint density at radius 3 is 1.97 bits per heavy atom. The maximum absolute atomic E-state index is 6.26. The largest absolute Gasteiger partial charge is 0.480 e. The zero-order valence-corrected chi connectivity index (χ0v) is 18.1. The molecule has 0 fully saturated rings. The number of rotatable bonds is 7. The van der Waals surface area contributed by atoms with E-state index in [-0.39, 0.29) is 0 Å². The van der Waals surface area contributed by atoms with Crippen molar-refractivity contribution in [1.82, 2.24) is 4.98 Å². The van der Waals surface area contributed by atoms with Crippen LogP contribution in [0.2, 0.25) is 5.02 Å². The van der Waals surface area contributed by atoms with Crippen molar-refractivity contribution in [3.05, 3.63) is 84.0 Å². The monoisotopic (exact) mass is 446 g/mol. The second-order valence-electron chi connectivity index (χ2n) is 7.01. The van der Waals surface area contributed by atoms with Gasteiger partial charge in [0.25, 0.3) is 0 Å². The van der Waals surface area contributed by atoms with Crippen LogP contribution in [0.5, 0.6) is 5.88 Å². The van der Waals surface area contributed by atoms with E-state index in [1.807, 2.05) is 66.7 Å². The molecule has 162 valence electrons. The third kappa shape index (κ3) is 4.79. The molecule has 4 rings (SSSR count). The highest BCUT2D eigenvalue weighted by molar-refractivity contribution is 6.30. The Morgan fingerprint density at radius 1 is 0.719 bits per heavy atom. The van der Waals surface area contributed by atoms with Crippen LogP contribution in [0.25, 0.3) is 0 Å². The van der Waals surface area contributed by atoms with E-state index in [4.69, 9.17) is 27.8 Å². The first-order valence-corrected chi connectivity index (χ1v) is 10.2. The maximum atomic E-state index is 6.26. The highest BCUT2D eigenvalue weighted by Crippen LogP contribution is 2.37. The van der Waals surface area contributed by atoms with E-state index in [1.165, 1.54) is 0 Å². The number of benzene rings is 3. The second-order valence-corrected chi connectivity index (χ2v) is 7.45. The maximum Gasteiger partial charge on any atom is 0.237 e. The minimum Gasteiger partial charge on any atom is -0.480 e. The van der Waals surface area contributed by atoms with Gasteiger partial charge in [-0.2, -0.15) is 0 Å². The average Bonchev–Trinajstić information content (AvgIpc) is 2.80. The second kappa shape index (κ2) is 9.36. The number of hydrogen-bond donors (Lipinski definition) is 5. The van der Waals surface area contributed by atoms with Crippen molar-refractivity contribution in [3.8, 4) is 5.88 Å². The molecule has 0 aliphatic carbocycles. The summed E-state index contributed by atoms with van der Waals surface area (Å²) >= 11 is 5.99. The van der Waals surface area contributed by atoms with Gasteiger partial charge in [0.2, 0.25) is 5.88 Å². The molecule has 7 nitrogen and oxygen atoms in total. The molecule has 0 saturated heterocycles. The number of anilines is 8. The normalized spacial score (nSPS) is 10.4. The van der Waals surface area contributed by atoms with Crippen LogP contribution in [-0.4, -0.2) is 12.1 Å². The molecule has 0 saturated carbocycles. The number of nitrogens with zero attached hydrogens (tertiary/aromatic N) is 1. The molecule has 0 bridgehead atoms. The van der Waals surface area contributed by atoms with E-state index >= 15 is 0 Å². The third-order valence-corrected chi connectivity index (χ3v) is 5.03. The van der Waals surface area contributed by atoms with Crippen molar-refractivity contribution in [1.29, 1.82) is 0 Å². The Kier molecular flexibility index (Phi) is 6.19. The topological polar surface area (TPSA) is 110 Å². The Bertz CT molecular complexity index is 1230. The van der Waals surface area contributed by atoms with Gasteiger partial charge in [-0.05, 0) is 60.7 Å². The van der Waals surface area contributed by atoms with Gasteiger partial charge in [-0.15, -0.1) is 0 Å². The lowest BCUT2D eigenvalue weighted by Gasteiger charge is -2.18. The summed E-state index contributed by atoms with van der Waals surface area (Å²) in [4.78, 5) is 4.21. The molecule has 4 aromatic rings. The van der Waals surface area contributed by atoms with Crippen molar-refractivity contribution in [2.24, 2.45) is 0 Å². The first kappa shape index (κ1) is 21.1. The first-order chi connectivity index (χ1) is 15.5. The number of para-hydroxylation sites is 2. The van der Waals surface area contributed by atoms with Crippen molar-refractivity contribution >= 4 is 57.1 Å². The van der Waals surface area contributed by atoms with Gasteiger partial charge >= 0.3 is 0 Å². The standard InChI is InChI=1S/C24H23ClN6O/c1-32-24-21(7-4-12-28-24)31-23-14-22(17(26)13-18(23)27)30-20-6-3-2-5-19(20)29-16-10-8-15(25)9-11-16/h2-14,29-31H,26-27H2,1H3. The number of hydrogen-bond acceptors (Lipinski definition) is 7. The summed E-state index contributed by atoms with van der Waals surface area (Å²) in [5.74, 6) is 0.468. The van der Waals surface area contributed by atoms with Crippen molar-refractivity contribution in [2.75, 3.05) is 34.5 Å². The number of nitrogens with two attached hydrogens (primary N) is 2. The fourth-order valence-corrected chi connectivity index (χ4v) is 3.31. The summed E-state index contributed by atoms with van der Waals surface area (Å²) in [6.45, 7) is 0. The average molecular weight is 447 g/mol. The molecule has 0 atom stereocenters. The Balaban J connectivity index is 1.62. The molecule has 0 spiro atoms. The zero-order valence-electron chi connectivity index (χ0n) is 17.4. The molecule has 1 aromatic heterocycles. The van der Waals surface area contributed by atoms with Crippen LogP contribution >= 0.6 is 11.6 Å². The van der Waals surface area contributed by atoms with Gasteiger partial charge < -0.3 is 32.2 Å². The molecule has 0 unspecified atom stereocenters. The van der Waals surface area contributed by atoms with E-state index < -0.39 is 0 Å². The highest BCUT2D eigenvalue weighted by Gasteiger charge is 2.11. The van der Waals surface area contributed by atoms with Crippen LogP contribution in [-0.2, 0) is 0 Å². The number of methoxy groups -OCH3 is 1. The van der Waals surface area contributed by atoms with Crippen molar-refractivity contribution in [2.45, 2.75) is 0 Å². The Hall–Kier alpha value is -4.10. The van der Waals surface area contributed by atoms with Crippen LogP contribution in [0.1, 0.15) is 0 Å². The lowest BCUT2D eigenvalue weighted by molar-refractivity contribution is 0.400. The molecule has 0 aliphatic heterocycles. The molecule has 8 heteroatoms. The summed E-state index contributed by atoms with van der Waals surface area (Å²) in [5, 5.41) is 10.7. The molecule has 1 heterocycles. The van der Waals surface area contributed by atoms with Crippen LogP contribution in [0.3, 0.4) is 0 Å². The van der Waals surface area contributed by atoms with E-state index in [1.54, 1.807) is 19.4 Å². The fraction of sp³-hybridized carbons (Fsp3) is 0.0417. The molecular formula is C24H23ClN6O. The predicted octanol–water partition coefficient (Wildman–Crippen LogP) is 6.14. The summed E-state index contributed by atoms with van der Waals surface area (Å²) in [7, 11) is 1.57. The van der Waals surface area contributed by atoms with Crippen LogP contribution in [0.15, 0.2) is 79.0 Å². The quantitative estimate of drug-likeness (QED) is 0.217. The van der Waals surface area contributed by atoms with E-state index in [0.717, 1.165) is 17.1 Å². The van der Waals surface area contributed by atoms with Crippen LogP contribution in [0, 0.1) is 0 Å². The number of halogens is 1. The van der Waals surface area contributed by atoms with Gasteiger partial charge in [0, 0.05) is 16.9 Å². The van der Waals surface area contributed by atoms with E-state index in [0.29, 0.717) is 39.3 Å². The van der Waals surface area contributed by atoms with Gasteiger partial charge in [-0.25, -0.2) is 4.98 Å². The SMILES string of the molecule is COc1ncccc1Nc1cc(Nc2ccccc2Nc2ccc(Cl)cc2)c(N)cc1N. The highest BCUT2D eigenvalue weighted by atomic mass is 35.5. The first-order valence-electron chi connectivity index (χ1n) is 9.87.